The van der Waals surface area contributed by atoms with Crippen molar-refractivity contribution in [3.05, 3.63) is 42.3 Å². The van der Waals surface area contributed by atoms with E-state index in [1.165, 1.54) is 6.26 Å². The second-order valence-electron chi connectivity index (χ2n) is 7.13. The molecule has 1 aliphatic rings. The number of aliphatic hydroxyl groups excluding tert-OH is 1. The van der Waals surface area contributed by atoms with Gasteiger partial charge in [0, 0.05) is 44.0 Å². The van der Waals surface area contributed by atoms with Gasteiger partial charge in [0.15, 0.2) is 0 Å². The summed E-state index contributed by atoms with van der Waals surface area (Å²) in [5.41, 5.74) is 1.43. The van der Waals surface area contributed by atoms with Gasteiger partial charge in [-0.3, -0.25) is 19.6 Å². The maximum absolute atomic E-state index is 12.6. The number of nitrogens with one attached hydrogen (secondary N) is 1. The zero-order chi connectivity index (χ0) is 19.9. The van der Waals surface area contributed by atoms with Crippen LogP contribution in [0.1, 0.15) is 37.1 Å². The SMILES string of the molecule is CN(Cc1ccon1)C(=O)[C@H]1CC[C@@H](NC(=O)CCc2cnccn2)[C@H](O)C1. The third-order valence-corrected chi connectivity index (χ3v) is 5.00. The van der Waals surface area contributed by atoms with Gasteiger partial charge < -0.3 is 19.8 Å². The minimum atomic E-state index is -0.747. The van der Waals surface area contributed by atoms with E-state index in [2.05, 4.69) is 20.4 Å². The summed E-state index contributed by atoms with van der Waals surface area (Å²) in [5, 5.41) is 17.1. The van der Waals surface area contributed by atoms with Crippen molar-refractivity contribution in [3.63, 3.8) is 0 Å². The van der Waals surface area contributed by atoms with Gasteiger partial charge in [0.2, 0.25) is 11.8 Å². The summed E-state index contributed by atoms with van der Waals surface area (Å²) in [7, 11) is 1.71. The van der Waals surface area contributed by atoms with Crippen molar-refractivity contribution in [2.24, 2.45) is 5.92 Å². The van der Waals surface area contributed by atoms with Gasteiger partial charge in [0.1, 0.15) is 12.0 Å². The van der Waals surface area contributed by atoms with Gasteiger partial charge >= 0.3 is 0 Å². The first-order valence-corrected chi connectivity index (χ1v) is 9.39. The number of hydrogen-bond acceptors (Lipinski definition) is 7. The quantitative estimate of drug-likeness (QED) is 0.717. The van der Waals surface area contributed by atoms with Gasteiger partial charge in [-0.05, 0) is 25.7 Å². The summed E-state index contributed by atoms with van der Waals surface area (Å²) in [6.45, 7) is 0.366. The molecule has 0 radical (unpaired) electrons. The predicted octanol–water partition coefficient (Wildman–Crippen LogP) is 0.702. The average Bonchev–Trinajstić information content (AvgIpc) is 3.21. The lowest BCUT2D eigenvalue weighted by atomic mass is 9.83. The number of rotatable bonds is 7. The number of carbonyl (C=O) groups excluding carboxylic acids is 2. The number of hydrogen-bond donors (Lipinski definition) is 2. The van der Waals surface area contributed by atoms with E-state index in [0.717, 1.165) is 5.69 Å². The number of aryl methyl sites for hydroxylation is 1. The van der Waals surface area contributed by atoms with Gasteiger partial charge in [0.25, 0.3) is 0 Å². The van der Waals surface area contributed by atoms with Crippen molar-refractivity contribution in [3.8, 4) is 0 Å². The van der Waals surface area contributed by atoms with Crippen molar-refractivity contribution >= 4 is 11.8 Å². The second kappa shape index (κ2) is 9.41. The normalized spacial score (nSPS) is 21.9. The molecule has 0 aliphatic heterocycles. The molecule has 2 heterocycles. The van der Waals surface area contributed by atoms with E-state index in [9.17, 15) is 14.7 Å². The molecular formula is C19H25N5O4. The van der Waals surface area contributed by atoms with E-state index in [0.29, 0.717) is 37.9 Å². The Labute approximate surface area is 163 Å². The van der Waals surface area contributed by atoms with E-state index in [-0.39, 0.29) is 30.2 Å². The van der Waals surface area contributed by atoms with E-state index in [4.69, 9.17) is 4.52 Å². The predicted molar refractivity (Wildman–Crippen MR) is 98.6 cm³/mol. The maximum atomic E-state index is 12.6. The Balaban J connectivity index is 1.43. The van der Waals surface area contributed by atoms with Gasteiger partial charge in [0.05, 0.1) is 24.4 Å². The largest absolute Gasteiger partial charge is 0.391 e. The van der Waals surface area contributed by atoms with Crippen LogP contribution in [0.2, 0.25) is 0 Å². The molecule has 9 heteroatoms. The zero-order valence-corrected chi connectivity index (χ0v) is 15.8. The third kappa shape index (κ3) is 5.35. The third-order valence-electron chi connectivity index (χ3n) is 5.00. The number of aliphatic hydroxyl groups is 1. The Morgan fingerprint density at radius 3 is 2.86 bits per heavy atom. The molecule has 0 spiro atoms. The molecule has 2 aromatic rings. The van der Waals surface area contributed by atoms with E-state index in [1.807, 2.05) is 0 Å². The monoisotopic (exact) mass is 387 g/mol. The van der Waals surface area contributed by atoms with Crippen LogP contribution < -0.4 is 5.32 Å². The van der Waals surface area contributed by atoms with Crippen LogP contribution in [0.25, 0.3) is 0 Å². The Hall–Kier alpha value is -2.81. The van der Waals surface area contributed by atoms with Crippen LogP contribution in [-0.2, 0) is 22.6 Å². The van der Waals surface area contributed by atoms with Crippen molar-refractivity contribution in [2.75, 3.05) is 7.05 Å². The lowest BCUT2D eigenvalue weighted by Crippen LogP contribution is -2.49. The molecular weight excluding hydrogens is 362 g/mol. The topological polar surface area (TPSA) is 121 Å². The van der Waals surface area contributed by atoms with Crippen LogP contribution >= 0.6 is 0 Å². The average molecular weight is 387 g/mol. The summed E-state index contributed by atoms with van der Waals surface area (Å²) in [6.07, 6.45) is 7.82. The van der Waals surface area contributed by atoms with Crippen molar-refractivity contribution < 1.29 is 19.2 Å². The van der Waals surface area contributed by atoms with Crippen molar-refractivity contribution in [1.82, 2.24) is 25.3 Å². The first kappa shape index (κ1) is 19.9. The fraction of sp³-hybridized carbons (Fsp3) is 0.526. The fourth-order valence-electron chi connectivity index (χ4n) is 3.47. The minimum Gasteiger partial charge on any atom is -0.391 e. The molecule has 2 amide bonds. The summed E-state index contributed by atoms with van der Waals surface area (Å²) in [5.74, 6) is -0.434. The van der Waals surface area contributed by atoms with Gasteiger partial charge in [-0.2, -0.15) is 0 Å². The molecule has 1 aliphatic carbocycles. The highest BCUT2D eigenvalue weighted by molar-refractivity contribution is 5.79. The molecule has 0 bridgehead atoms. The lowest BCUT2D eigenvalue weighted by Gasteiger charge is -2.34. The van der Waals surface area contributed by atoms with Crippen LogP contribution in [0.3, 0.4) is 0 Å². The Morgan fingerprint density at radius 2 is 2.18 bits per heavy atom. The molecule has 1 saturated carbocycles. The first-order chi connectivity index (χ1) is 13.5. The van der Waals surface area contributed by atoms with Crippen LogP contribution in [0.5, 0.6) is 0 Å². The van der Waals surface area contributed by atoms with Gasteiger partial charge in [-0.25, -0.2) is 0 Å². The number of nitrogens with zero attached hydrogens (tertiary/aromatic N) is 4. The fourth-order valence-corrected chi connectivity index (χ4v) is 3.47. The molecule has 0 aromatic carbocycles. The molecule has 0 unspecified atom stereocenters. The highest BCUT2D eigenvalue weighted by Crippen LogP contribution is 2.27. The molecule has 9 nitrogen and oxygen atoms in total. The molecule has 150 valence electrons. The molecule has 28 heavy (non-hydrogen) atoms. The molecule has 2 aromatic heterocycles. The summed E-state index contributed by atoms with van der Waals surface area (Å²) in [6, 6.07) is 1.38. The summed E-state index contributed by atoms with van der Waals surface area (Å²) in [4.78, 5) is 34.5. The second-order valence-corrected chi connectivity index (χ2v) is 7.13. The Bertz CT molecular complexity index is 768. The maximum Gasteiger partial charge on any atom is 0.225 e. The van der Waals surface area contributed by atoms with Crippen molar-refractivity contribution in [2.45, 2.75) is 50.8 Å². The van der Waals surface area contributed by atoms with Crippen LogP contribution in [-0.4, -0.2) is 56.1 Å². The highest BCUT2D eigenvalue weighted by Gasteiger charge is 2.34. The summed E-state index contributed by atoms with van der Waals surface area (Å²) < 4.78 is 4.78. The van der Waals surface area contributed by atoms with Gasteiger partial charge in [-0.15, -0.1) is 0 Å². The van der Waals surface area contributed by atoms with Crippen LogP contribution in [0, 0.1) is 5.92 Å². The Morgan fingerprint density at radius 1 is 1.32 bits per heavy atom. The number of carbonyl (C=O) groups is 2. The minimum absolute atomic E-state index is 0.0329. The molecule has 3 rings (SSSR count). The van der Waals surface area contributed by atoms with Crippen LogP contribution in [0.15, 0.2) is 35.4 Å². The van der Waals surface area contributed by atoms with E-state index < -0.39 is 6.10 Å². The smallest absolute Gasteiger partial charge is 0.225 e. The Kier molecular flexibility index (Phi) is 6.70. The molecule has 1 fully saturated rings. The number of aromatic nitrogens is 3. The van der Waals surface area contributed by atoms with Crippen LogP contribution in [0.4, 0.5) is 0 Å². The summed E-state index contributed by atoms with van der Waals surface area (Å²) >= 11 is 0. The number of amides is 2. The molecule has 2 N–H and O–H groups in total. The van der Waals surface area contributed by atoms with Crippen molar-refractivity contribution in [1.29, 1.82) is 0 Å². The molecule has 3 atom stereocenters. The molecule has 0 saturated heterocycles. The standard InChI is InChI=1S/C19H25N5O4/c1-24(12-15-6-9-28-23-15)19(27)13-2-4-16(17(25)10-13)22-18(26)5-3-14-11-20-7-8-21-14/h6-9,11,13,16-17,25H,2-5,10,12H2,1H3,(H,22,26)/t13-,16+,17+/m0/s1. The van der Waals surface area contributed by atoms with E-state index >= 15 is 0 Å². The van der Waals surface area contributed by atoms with E-state index in [1.54, 1.807) is 36.6 Å². The zero-order valence-electron chi connectivity index (χ0n) is 15.8. The lowest BCUT2D eigenvalue weighted by molar-refractivity contribution is -0.137. The highest BCUT2D eigenvalue weighted by atomic mass is 16.5. The first-order valence-electron chi connectivity index (χ1n) is 9.39. The van der Waals surface area contributed by atoms with Gasteiger partial charge in [-0.1, -0.05) is 5.16 Å².